The van der Waals surface area contributed by atoms with Gasteiger partial charge in [0.25, 0.3) is 0 Å². The predicted octanol–water partition coefficient (Wildman–Crippen LogP) is 1.71. The number of carbonyl (C=O) groups is 2. The number of thioether (sulfide) groups is 1. The number of aromatic nitrogens is 1. The number of amides is 2. The molecule has 0 bridgehead atoms. The summed E-state index contributed by atoms with van der Waals surface area (Å²) in [6.07, 6.45) is 3.91. The molecule has 2 unspecified atom stereocenters. The number of rotatable bonds is 5. The number of nitrogens with one attached hydrogen (secondary N) is 1. The van der Waals surface area contributed by atoms with E-state index < -0.39 is 6.04 Å². The Kier molecular flexibility index (Phi) is 6.64. The highest BCUT2D eigenvalue weighted by Gasteiger charge is 2.35. The van der Waals surface area contributed by atoms with Crippen LogP contribution in [0.4, 0.5) is 4.39 Å². The summed E-state index contributed by atoms with van der Waals surface area (Å²) >= 11 is 1.44. The molecular weight excluding hydrogens is 403 g/mol. The van der Waals surface area contributed by atoms with Crippen LogP contribution in [-0.2, 0) is 22.6 Å². The van der Waals surface area contributed by atoms with Crippen molar-refractivity contribution >= 4 is 23.6 Å². The first-order valence-corrected chi connectivity index (χ1v) is 11.2. The number of pyridine rings is 1. The second-order valence-electron chi connectivity index (χ2n) is 7.64. The molecule has 2 saturated heterocycles. The fourth-order valence-corrected chi connectivity index (χ4v) is 5.00. The van der Waals surface area contributed by atoms with Gasteiger partial charge in [0.05, 0.1) is 5.25 Å². The normalized spacial score (nSPS) is 22.6. The van der Waals surface area contributed by atoms with E-state index >= 15 is 0 Å². The van der Waals surface area contributed by atoms with Gasteiger partial charge in [0.15, 0.2) is 0 Å². The van der Waals surface area contributed by atoms with Crippen LogP contribution in [0.5, 0.6) is 0 Å². The van der Waals surface area contributed by atoms with E-state index in [-0.39, 0.29) is 22.9 Å². The summed E-state index contributed by atoms with van der Waals surface area (Å²) in [4.78, 5) is 33.6. The summed E-state index contributed by atoms with van der Waals surface area (Å²) in [5, 5.41) is 2.49. The molecule has 2 amide bonds. The lowest BCUT2D eigenvalue weighted by Gasteiger charge is -2.38. The molecular formula is C22H25FN4O2S. The molecule has 30 heavy (non-hydrogen) atoms. The minimum Gasteiger partial charge on any atom is -0.343 e. The lowest BCUT2D eigenvalue weighted by atomic mass is 10.1. The first-order valence-electron chi connectivity index (χ1n) is 10.2. The van der Waals surface area contributed by atoms with Crippen molar-refractivity contribution < 1.29 is 14.0 Å². The zero-order valence-corrected chi connectivity index (χ0v) is 17.5. The van der Waals surface area contributed by atoms with Gasteiger partial charge in [0, 0.05) is 50.9 Å². The monoisotopic (exact) mass is 428 g/mol. The Morgan fingerprint density at radius 2 is 1.87 bits per heavy atom. The summed E-state index contributed by atoms with van der Waals surface area (Å²) in [5.41, 5.74) is 1.74. The van der Waals surface area contributed by atoms with Gasteiger partial charge in [-0.25, -0.2) is 4.39 Å². The highest BCUT2D eigenvalue weighted by molar-refractivity contribution is 8.00. The Bertz CT molecular complexity index is 890. The number of carbonyl (C=O) groups excluding carboxylic acids is 2. The molecule has 0 saturated carbocycles. The lowest BCUT2D eigenvalue weighted by molar-refractivity contribution is -0.137. The largest absolute Gasteiger partial charge is 0.343 e. The Balaban J connectivity index is 1.26. The summed E-state index contributed by atoms with van der Waals surface area (Å²) in [7, 11) is 0. The van der Waals surface area contributed by atoms with Crippen LogP contribution in [0.2, 0.25) is 0 Å². The van der Waals surface area contributed by atoms with Crippen LogP contribution in [-0.4, -0.2) is 69.8 Å². The number of nitrogens with zero attached hydrogens (tertiary/aromatic N) is 3. The molecule has 2 fully saturated rings. The van der Waals surface area contributed by atoms with E-state index in [9.17, 15) is 14.0 Å². The molecule has 158 valence electrons. The van der Waals surface area contributed by atoms with E-state index in [0.717, 1.165) is 19.6 Å². The molecule has 2 aromatic rings. The molecule has 2 aliphatic rings. The average Bonchev–Trinajstić information content (AvgIpc) is 2.77. The van der Waals surface area contributed by atoms with Crippen molar-refractivity contribution in [3.63, 3.8) is 0 Å². The summed E-state index contributed by atoms with van der Waals surface area (Å²) in [6, 6.07) is 10.0. The SMILES string of the molecule is O=C1NC(C(=O)N2CCN(Cc3ccncc3)CC2)CSC1Cc1ccccc1F. The number of hydrogen-bond donors (Lipinski definition) is 1. The first kappa shape index (κ1) is 20.8. The van der Waals surface area contributed by atoms with Crippen LogP contribution < -0.4 is 5.32 Å². The van der Waals surface area contributed by atoms with Gasteiger partial charge in [0.1, 0.15) is 11.9 Å². The van der Waals surface area contributed by atoms with Gasteiger partial charge in [-0.2, -0.15) is 0 Å². The zero-order chi connectivity index (χ0) is 20.9. The molecule has 1 aromatic heterocycles. The van der Waals surface area contributed by atoms with E-state index in [2.05, 4.69) is 15.2 Å². The van der Waals surface area contributed by atoms with Crippen molar-refractivity contribution in [1.82, 2.24) is 20.1 Å². The topological polar surface area (TPSA) is 65.5 Å². The van der Waals surface area contributed by atoms with Gasteiger partial charge >= 0.3 is 0 Å². The number of piperazine rings is 1. The van der Waals surface area contributed by atoms with Crippen molar-refractivity contribution in [3.8, 4) is 0 Å². The third-order valence-electron chi connectivity index (χ3n) is 5.57. The molecule has 0 spiro atoms. The van der Waals surface area contributed by atoms with Crippen molar-refractivity contribution in [3.05, 3.63) is 65.7 Å². The molecule has 0 aliphatic carbocycles. The van der Waals surface area contributed by atoms with Crippen molar-refractivity contribution in [1.29, 1.82) is 0 Å². The number of hydrogen-bond acceptors (Lipinski definition) is 5. The predicted molar refractivity (Wildman–Crippen MR) is 114 cm³/mol. The van der Waals surface area contributed by atoms with Crippen LogP contribution in [0.25, 0.3) is 0 Å². The van der Waals surface area contributed by atoms with Gasteiger partial charge < -0.3 is 10.2 Å². The number of halogens is 1. The van der Waals surface area contributed by atoms with E-state index in [0.29, 0.717) is 30.8 Å². The Morgan fingerprint density at radius 1 is 1.13 bits per heavy atom. The van der Waals surface area contributed by atoms with Gasteiger partial charge in [0.2, 0.25) is 11.8 Å². The fraction of sp³-hybridized carbons (Fsp3) is 0.409. The third kappa shape index (κ3) is 4.99. The van der Waals surface area contributed by atoms with E-state index in [1.807, 2.05) is 17.0 Å². The molecule has 0 radical (unpaired) electrons. The van der Waals surface area contributed by atoms with Crippen LogP contribution >= 0.6 is 11.8 Å². The number of benzene rings is 1. The molecule has 8 heteroatoms. The zero-order valence-electron chi connectivity index (χ0n) is 16.7. The highest BCUT2D eigenvalue weighted by atomic mass is 32.2. The molecule has 4 rings (SSSR count). The quantitative estimate of drug-likeness (QED) is 0.786. The van der Waals surface area contributed by atoms with Crippen LogP contribution in [0.1, 0.15) is 11.1 Å². The fourth-order valence-electron chi connectivity index (χ4n) is 3.84. The van der Waals surface area contributed by atoms with Gasteiger partial charge in [-0.1, -0.05) is 18.2 Å². The summed E-state index contributed by atoms with van der Waals surface area (Å²) < 4.78 is 13.9. The van der Waals surface area contributed by atoms with Crippen molar-refractivity contribution in [2.75, 3.05) is 31.9 Å². The minimum absolute atomic E-state index is 0.0243. The smallest absolute Gasteiger partial charge is 0.246 e. The maximum atomic E-state index is 13.9. The summed E-state index contributed by atoms with van der Waals surface area (Å²) in [5.74, 6) is 0.00246. The third-order valence-corrected chi connectivity index (χ3v) is 6.88. The maximum Gasteiger partial charge on any atom is 0.246 e. The van der Waals surface area contributed by atoms with Crippen LogP contribution in [0.3, 0.4) is 0 Å². The van der Waals surface area contributed by atoms with Gasteiger partial charge in [-0.15, -0.1) is 11.8 Å². The van der Waals surface area contributed by atoms with E-state index in [1.54, 1.807) is 30.6 Å². The van der Waals surface area contributed by atoms with Crippen LogP contribution in [0, 0.1) is 5.82 Å². The van der Waals surface area contributed by atoms with Gasteiger partial charge in [-0.3, -0.25) is 19.5 Å². The van der Waals surface area contributed by atoms with E-state index in [4.69, 9.17) is 0 Å². The Labute approximate surface area is 179 Å². The Morgan fingerprint density at radius 3 is 2.57 bits per heavy atom. The molecule has 3 heterocycles. The van der Waals surface area contributed by atoms with E-state index in [1.165, 1.54) is 23.4 Å². The highest BCUT2D eigenvalue weighted by Crippen LogP contribution is 2.24. The maximum absolute atomic E-state index is 13.9. The standard InChI is InChI=1S/C22H25FN4O2S/c23-18-4-2-1-3-17(18)13-20-21(28)25-19(15-30-20)22(29)27-11-9-26(10-12-27)14-16-5-7-24-8-6-16/h1-8,19-20H,9-15H2,(H,25,28). The van der Waals surface area contributed by atoms with Gasteiger partial charge in [-0.05, 0) is 35.7 Å². The second kappa shape index (κ2) is 9.57. The van der Waals surface area contributed by atoms with Crippen LogP contribution in [0.15, 0.2) is 48.8 Å². The molecule has 6 nitrogen and oxygen atoms in total. The Hall–Kier alpha value is -2.45. The molecule has 1 N–H and O–H groups in total. The lowest BCUT2D eigenvalue weighted by Crippen LogP contribution is -2.58. The average molecular weight is 429 g/mol. The first-order chi connectivity index (χ1) is 14.6. The molecule has 2 atom stereocenters. The second-order valence-corrected chi connectivity index (χ2v) is 8.87. The van der Waals surface area contributed by atoms with Crippen molar-refractivity contribution in [2.24, 2.45) is 0 Å². The summed E-state index contributed by atoms with van der Waals surface area (Å²) in [6.45, 7) is 3.76. The minimum atomic E-state index is -0.508. The molecule has 2 aliphatic heterocycles. The molecule has 1 aromatic carbocycles. The van der Waals surface area contributed by atoms with Crippen molar-refractivity contribution in [2.45, 2.75) is 24.3 Å².